The largest absolute Gasteiger partial charge is 0.438 e. The van der Waals surface area contributed by atoms with Crippen molar-refractivity contribution < 1.29 is 9.21 Å². The Morgan fingerprint density at radius 2 is 2.00 bits per heavy atom. The lowest BCUT2D eigenvalue weighted by atomic mass is 10.0. The molecule has 2 aromatic carbocycles. The number of amides is 1. The summed E-state index contributed by atoms with van der Waals surface area (Å²) >= 11 is 0. The number of hydrogen-bond donors (Lipinski definition) is 1. The second kappa shape index (κ2) is 7.87. The molecule has 2 N–H and O–H groups in total. The van der Waals surface area contributed by atoms with E-state index in [0.29, 0.717) is 12.4 Å². The molecule has 0 radical (unpaired) electrons. The molecule has 3 aromatic rings. The average Bonchev–Trinajstić information content (AvgIpc) is 3.33. The highest BCUT2D eigenvalue weighted by molar-refractivity contribution is 5.80. The molecule has 29 heavy (non-hydrogen) atoms. The van der Waals surface area contributed by atoms with Gasteiger partial charge in [0.2, 0.25) is 11.8 Å². The van der Waals surface area contributed by atoms with Crippen LogP contribution in [0.5, 0.6) is 0 Å². The van der Waals surface area contributed by atoms with Gasteiger partial charge in [0.25, 0.3) is 0 Å². The summed E-state index contributed by atoms with van der Waals surface area (Å²) in [5.74, 6) is 0.418. The van der Waals surface area contributed by atoms with Gasteiger partial charge in [-0.2, -0.15) is 0 Å². The van der Waals surface area contributed by atoms with Gasteiger partial charge in [-0.3, -0.25) is 9.80 Å². The molecule has 0 fully saturated rings. The molecule has 1 atom stereocenters. The SMILES string of the molecule is CC(C)C(c1nc2cc(-c3ccccc3)ccc2o1)N1C/C(=C/CC(N)=O)N=N1. The third kappa shape index (κ3) is 4.03. The number of nitrogens with zero attached hydrogens (tertiary/aromatic N) is 4. The number of nitrogens with two attached hydrogens (primary N) is 1. The van der Waals surface area contributed by atoms with E-state index < -0.39 is 0 Å². The highest BCUT2D eigenvalue weighted by Crippen LogP contribution is 2.34. The van der Waals surface area contributed by atoms with Gasteiger partial charge >= 0.3 is 0 Å². The van der Waals surface area contributed by atoms with Crippen LogP contribution in [0.2, 0.25) is 0 Å². The van der Waals surface area contributed by atoms with Gasteiger partial charge in [0.1, 0.15) is 11.6 Å². The van der Waals surface area contributed by atoms with E-state index in [4.69, 9.17) is 15.1 Å². The Labute approximate surface area is 168 Å². The number of benzene rings is 2. The maximum Gasteiger partial charge on any atom is 0.221 e. The molecule has 0 aliphatic carbocycles. The van der Waals surface area contributed by atoms with Gasteiger partial charge in [-0.1, -0.05) is 55.5 Å². The molecule has 0 bridgehead atoms. The van der Waals surface area contributed by atoms with Crippen molar-refractivity contribution >= 4 is 17.0 Å². The fraction of sp³-hybridized carbons (Fsp3) is 0.273. The lowest BCUT2D eigenvalue weighted by Gasteiger charge is -2.25. The van der Waals surface area contributed by atoms with Gasteiger partial charge in [0.15, 0.2) is 5.58 Å². The van der Waals surface area contributed by atoms with Crippen LogP contribution in [0.4, 0.5) is 0 Å². The average molecular weight is 389 g/mol. The van der Waals surface area contributed by atoms with Gasteiger partial charge in [-0.25, -0.2) is 4.98 Å². The molecule has 1 unspecified atom stereocenters. The van der Waals surface area contributed by atoms with Crippen molar-refractivity contribution in [2.24, 2.45) is 22.0 Å². The summed E-state index contributed by atoms with van der Waals surface area (Å²) in [5.41, 5.74) is 9.71. The van der Waals surface area contributed by atoms with Crippen LogP contribution < -0.4 is 5.73 Å². The van der Waals surface area contributed by atoms with Crippen molar-refractivity contribution in [1.82, 2.24) is 9.99 Å². The number of aromatic nitrogens is 1. The zero-order chi connectivity index (χ0) is 20.4. The molecule has 1 aliphatic rings. The summed E-state index contributed by atoms with van der Waals surface area (Å²) < 4.78 is 6.08. The van der Waals surface area contributed by atoms with E-state index in [9.17, 15) is 4.79 Å². The van der Waals surface area contributed by atoms with Crippen LogP contribution >= 0.6 is 0 Å². The van der Waals surface area contributed by atoms with Crippen molar-refractivity contribution in [1.29, 1.82) is 0 Å². The smallest absolute Gasteiger partial charge is 0.221 e. The minimum atomic E-state index is -0.389. The molecule has 7 heteroatoms. The molecule has 4 rings (SSSR count). The van der Waals surface area contributed by atoms with E-state index >= 15 is 0 Å². The first kappa shape index (κ1) is 18.9. The molecule has 7 nitrogen and oxygen atoms in total. The van der Waals surface area contributed by atoms with Gasteiger partial charge in [-0.05, 0) is 35.3 Å². The Hall–Kier alpha value is -3.48. The second-order valence-electron chi connectivity index (χ2n) is 7.44. The highest BCUT2D eigenvalue weighted by atomic mass is 16.4. The molecule has 148 valence electrons. The number of primary amides is 1. The molecule has 1 amide bonds. The topological polar surface area (TPSA) is 97.1 Å². The van der Waals surface area contributed by atoms with E-state index in [0.717, 1.165) is 27.9 Å². The van der Waals surface area contributed by atoms with E-state index in [1.807, 2.05) is 41.4 Å². The number of hydrogen-bond acceptors (Lipinski definition) is 6. The monoisotopic (exact) mass is 389 g/mol. The maximum absolute atomic E-state index is 11.0. The third-order valence-corrected chi connectivity index (χ3v) is 4.87. The maximum atomic E-state index is 11.0. The highest BCUT2D eigenvalue weighted by Gasteiger charge is 2.31. The van der Waals surface area contributed by atoms with Crippen molar-refractivity contribution in [3.63, 3.8) is 0 Å². The summed E-state index contributed by atoms with van der Waals surface area (Å²) in [6.07, 6.45) is 1.86. The molecule has 0 saturated heterocycles. The molecule has 1 aliphatic heterocycles. The third-order valence-electron chi connectivity index (χ3n) is 4.87. The Bertz CT molecular complexity index is 1090. The predicted molar refractivity (Wildman–Crippen MR) is 110 cm³/mol. The minimum absolute atomic E-state index is 0.152. The van der Waals surface area contributed by atoms with Gasteiger partial charge in [-0.15, -0.1) is 5.11 Å². The number of oxazole rings is 1. The second-order valence-corrected chi connectivity index (χ2v) is 7.44. The number of fused-ring (bicyclic) bond motifs is 1. The molecule has 0 saturated carbocycles. The summed E-state index contributed by atoms with van der Waals surface area (Å²) in [6, 6.07) is 16.1. The van der Waals surface area contributed by atoms with Crippen LogP contribution in [0.15, 0.2) is 75.1 Å². The van der Waals surface area contributed by atoms with Crippen LogP contribution in [0.1, 0.15) is 32.2 Å². The molecule has 1 aromatic heterocycles. The van der Waals surface area contributed by atoms with Crippen LogP contribution in [0.25, 0.3) is 22.2 Å². The molecular weight excluding hydrogens is 366 g/mol. The van der Waals surface area contributed by atoms with E-state index in [2.05, 4.69) is 36.3 Å². The van der Waals surface area contributed by atoms with E-state index in [1.54, 1.807) is 6.08 Å². The number of rotatable bonds is 6. The van der Waals surface area contributed by atoms with E-state index in [-0.39, 0.29) is 24.3 Å². The normalized spacial score (nSPS) is 16.2. The van der Waals surface area contributed by atoms with Gasteiger partial charge in [0, 0.05) is 6.42 Å². The van der Waals surface area contributed by atoms with Gasteiger partial charge in [0.05, 0.1) is 12.2 Å². The summed E-state index contributed by atoms with van der Waals surface area (Å²) in [5, 5.41) is 10.3. The van der Waals surface area contributed by atoms with Crippen LogP contribution in [0, 0.1) is 5.92 Å². The fourth-order valence-corrected chi connectivity index (χ4v) is 3.46. The first-order chi connectivity index (χ1) is 14.0. The van der Waals surface area contributed by atoms with Gasteiger partial charge < -0.3 is 10.2 Å². The number of carbonyl (C=O) groups excluding carboxylic acids is 1. The zero-order valence-corrected chi connectivity index (χ0v) is 16.4. The Morgan fingerprint density at radius 1 is 1.21 bits per heavy atom. The Balaban J connectivity index is 1.62. The van der Waals surface area contributed by atoms with Crippen molar-refractivity contribution in [2.75, 3.05) is 6.54 Å². The van der Waals surface area contributed by atoms with Crippen LogP contribution in [-0.4, -0.2) is 22.4 Å². The summed E-state index contributed by atoms with van der Waals surface area (Å²) in [6.45, 7) is 4.68. The first-order valence-corrected chi connectivity index (χ1v) is 9.63. The fourth-order valence-electron chi connectivity index (χ4n) is 3.46. The van der Waals surface area contributed by atoms with Crippen molar-refractivity contribution in [2.45, 2.75) is 26.3 Å². The summed E-state index contributed by atoms with van der Waals surface area (Å²) in [7, 11) is 0. The quantitative estimate of drug-likeness (QED) is 0.664. The van der Waals surface area contributed by atoms with Crippen LogP contribution in [0.3, 0.4) is 0 Å². The standard InChI is InChI=1S/C22H23N5O2/c1-14(2)21(27-13-17(25-26-27)9-11-20(23)28)22-24-18-12-16(8-10-19(18)29-22)15-6-4-3-5-7-15/h3-10,12,14,21H,11,13H2,1-2H3,(H2,23,28)/b17-9-. The number of carbonyl (C=O) groups is 1. The molecule has 0 spiro atoms. The lowest BCUT2D eigenvalue weighted by Crippen LogP contribution is -2.26. The van der Waals surface area contributed by atoms with Crippen molar-refractivity contribution in [3.8, 4) is 11.1 Å². The first-order valence-electron chi connectivity index (χ1n) is 9.63. The minimum Gasteiger partial charge on any atom is -0.438 e. The molecular formula is C22H23N5O2. The zero-order valence-electron chi connectivity index (χ0n) is 16.4. The predicted octanol–water partition coefficient (Wildman–Crippen LogP) is 4.63. The van der Waals surface area contributed by atoms with E-state index in [1.165, 1.54) is 0 Å². The Kier molecular flexibility index (Phi) is 5.12. The van der Waals surface area contributed by atoms with Crippen molar-refractivity contribution in [3.05, 3.63) is 66.2 Å². The van der Waals surface area contributed by atoms with Crippen LogP contribution in [-0.2, 0) is 4.79 Å². The lowest BCUT2D eigenvalue weighted by molar-refractivity contribution is -0.117. The summed E-state index contributed by atoms with van der Waals surface area (Å²) in [4.78, 5) is 15.8. The molecule has 2 heterocycles. The Morgan fingerprint density at radius 3 is 2.72 bits per heavy atom.